The van der Waals surface area contributed by atoms with E-state index in [2.05, 4.69) is 63.9 Å². The molecule has 1 N–H and O–H groups in total. The summed E-state index contributed by atoms with van der Waals surface area (Å²) in [6, 6.07) is 9.91. The Balaban J connectivity index is 2.55. The lowest BCUT2D eigenvalue weighted by Crippen LogP contribution is -2.28. The van der Waals surface area contributed by atoms with Gasteiger partial charge >= 0.3 is 0 Å². The van der Waals surface area contributed by atoms with Gasteiger partial charge in [-0.1, -0.05) is 44.2 Å². The van der Waals surface area contributed by atoms with Crippen molar-refractivity contribution in [3.8, 4) is 0 Å². The van der Waals surface area contributed by atoms with Crippen LogP contribution in [0.25, 0.3) is 0 Å². The van der Waals surface area contributed by atoms with Gasteiger partial charge in [0.25, 0.3) is 0 Å². The van der Waals surface area contributed by atoms with Gasteiger partial charge in [0.05, 0.1) is 0 Å². The highest BCUT2D eigenvalue weighted by molar-refractivity contribution is 5.26. The van der Waals surface area contributed by atoms with Crippen molar-refractivity contribution in [2.75, 3.05) is 0 Å². The van der Waals surface area contributed by atoms with Gasteiger partial charge in [-0.2, -0.15) is 0 Å². The summed E-state index contributed by atoms with van der Waals surface area (Å²) in [5.41, 5.74) is 2.77. The third kappa shape index (κ3) is 4.66. The van der Waals surface area contributed by atoms with Crippen LogP contribution >= 0.6 is 0 Å². The van der Waals surface area contributed by atoms with E-state index in [9.17, 15) is 0 Å². The Kier molecular flexibility index (Phi) is 6.14. The van der Waals surface area contributed by atoms with Crippen LogP contribution in [-0.2, 0) is 0 Å². The zero-order valence-corrected chi connectivity index (χ0v) is 12.2. The predicted octanol–water partition coefficient (Wildman–Crippen LogP) is 4.82. The van der Waals surface area contributed by atoms with Gasteiger partial charge in [0, 0.05) is 12.1 Å². The molecular formula is C17H27N. The van der Waals surface area contributed by atoms with Crippen LogP contribution in [0, 0.1) is 0 Å². The molecule has 1 heteroatoms. The third-order valence-corrected chi connectivity index (χ3v) is 3.44. The van der Waals surface area contributed by atoms with E-state index in [-0.39, 0.29) is 0 Å². The molecule has 1 aromatic carbocycles. The average Bonchev–Trinajstić information content (AvgIpc) is 2.36. The Bertz CT molecular complexity index is 350. The van der Waals surface area contributed by atoms with Crippen LogP contribution in [0.2, 0.25) is 0 Å². The zero-order valence-electron chi connectivity index (χ0n) is 12.2. The van der Waals surface area contributed by atoms with E-state index in [1.807, 2.05) is 6.08 Å². The molecule has 0 aromatic heterocycles. The smallest absolute Gasteiger partial charge is 0.0294 e. The minimum atomic E-state index is 0.408. The fourth-order valence-corrected chi connectivity index (χ4v) is 2.14. The lowest BCUT2D eigenvalue weighted by molar-refractivity contribution is 0.459. The Morgan fingerprint density at radius 3 is 2.11 bits per heavy atom. The van der Waals surface area contributed by atoms with Gasteiger partial charge < -0.3 is 5.32 Å². The van der Waals surface area contributed by atoms with Crippen molar-refractivity contribution in [1.82, 2.24) is 5.32 Å². The first-order chi connectivity index (χ1) is 8.54. The van der Waals surface area contributed by atoms with Crippen molar-refractivity contribution in [3.05, 3.63) is 48.0 Å². The first kappa shape index (κ1) is 15.0. The first-order valence-electron chi connectivity index (χ1n) is 7.01. The summed E-state index contributed by atoms with van der Waals surface area (Å²) < 4.78 is 0. The van der Waals surface area contributed by atoms with E-state index in [1.165, 1.54) is 11.1 Å². The normalized spacial score (nSPS) is 14.5. The molecule has 2 unspecified atom stereocenters. The highest BCUT2D eigenvalue weighted by Crippen LogP contribution is 2.19. The molecule has 0 aliphatic heterocycles. The van der Waals surface area contributed by atoms with E-state index in [4.69, 9.17) is 0 Å². The molecule has 0 bridgehead atoms. The molecule has 2 atom stereocenters. The average molecular weight is 245 g/mol. The van der Waals surface area contributed by atoms with Crippen molar-refractivity contribution in [2.45, 2.75) is 58.5 Å². The quantitative estimate of drug-likeness (QED) is 0.679. The number of hydrogen-bond donors (Lipinski definition) is 1. The van der Waals surface area contributed by atoms with Crippen molar-refractivity contribution in [3.63, 3.8) is 0 Å². The minimum Gasteiger partial charge on any atom is -0.308 e. The molecule has 0 saturated carbocycles. The molecule has 0 spiro atoms. The Morgan fingerprint density at radius 1 is 1.06 bits per heavy atom. The van der Waals surface area contributed by atoms with Gasteiger partial charge in [0.2, 0.25) is 0 Å². The van der Waals surface area contributed by atoms with Crippen molar-refractivity contribution >= 4 is 0 Å². The van der Waals surface area contributed by atoms with E-state index >= 15 is 0 Å². The summed E-state index contributed by atoms with van der Waals surface area (Å²) in [5, 5.41) is 3.63. The molecule has 1 nitrogen and oxygen atoms in total. The van der Waals surface area contributed by atoms with Gasteiger partial charge in [-0.05, 0) is 43.7 Å². The van der Waals surface area contributed by atoms with Crippen LogP contribution in [0.1, 0.15) is 63.6 Å². The van der Waals surface area contributed by atoms with Crippen molar-refractivity contribution < 1.29 is 0 Å². The molecule has 100 valence electrons. The lowest BCUT2D eigenvalue weighted by Gasteiger charge is -2.20. The van der Waals surface area contributed by atoms with Gasteiger partial charge in [-0.3, -0.25) is 0 Å². The molecule has 0 radical (unpaired) electrons. The van der Waals surface area contributed by atoms with E-state index < -0.39 is 0 Å². The van der Waals surface area contributed by atoms with Gasteiger partial charge in [-0.25, -0.2) is 0 Å². The maximum Gasteiger partial charge on any atom is 0.0294 e. The number of nitrogens with one attached hydrogen (secondary N) is 1. The third-order valence-electron chi connectivity index (χ3n) is 3.44. The van der Waals surface area contributed by atoms with Crippen molar-refractivity contribution in [2.24, 2.45) is 0 Å². The Labute approximate surface area is 112 Å². The molecular weight excluding hydrogens is 218 g/mol. The largest absolute Gasteiger partial charge is 0.308 e. The standard InChI is InChI=1S/C17H27N/c1-6-7-8-14(4)18-15(5)17-11-9-16(10-12-17)13(2)3/h6,9-15,18H,1,7-8H2,2-5H3. The molecule has 1 rings (SSSR count). The molecule has 0 saturated heterocycles. The highest BCUT2D eigenvalue weighted by atomic mass is 14.9. The van der Waals surface area contributed by atoms with Gasteiger partial charge in [-0.15, -0.1) is 6.58 Å². The number of allylic oxidation sites excluding steroid dienone is 1. The molecule has 0 aliphatic carbocycles. The van der Waals surface area contributed by atoms with Gasteiger partial charge in [0.1, 0.15) is 0 Å². The maximum absolute atomic E-state index is 3.77. The summed E-state index contributed by atoms with van der Waals surface area (Å²) >= 11 is 0. The maximum atomic E-state index is 3.77. The topological polar surface area (TPSA) is 12.0 Å². The molecule has 18 heavy (non-hydrogen) atoms. The van der Waals surface area contributed by atoms with Crippen LogP contribution in [0.4, 0.5) is 0 Å². The first-order valence-corrected chi connectivity index (χ1v) is 7.01. The monoisotopic (exact) mass is 245 g/mol. The van der Waals surface area contributed by atoms with Crippen LogP contribution in [0.3, 0.4) is 0 Å². The van der Waals surface area contributed by atoms with Crippen LogP contribution in [-0.4, -0.2) is 6.04 Å². The van der Waals surface area contributed by atoms with Gasteiger partial charge in [0.15, 0.2) is 0 Å². The molecule has 0 fully saturated rings. The van der Waals surface area contributed by atoms with Crippen LogP contribution in [0.15, 0.2) is 36.9 Å². The second-order valence-electron chi connectivity index (χ2n) is 5.48. The predicted molar refractivity (Wildman–Crippen MR) is 81.0 cm³/mol. The summed E-state index contributed by atoms with van der Waals surface area (Å²) in [7, 11) is 0. The van der Waals surface area contributed by atoms with E-state index in [1.54, 1.807) is 0 Å². The summed E-state index contributed by atoms with van der Waals surface area (Å²) in [6.45, 7) is 12.7. The Hall–Kier alpha value is -1.08. The van der Waals surface area contributed by atoms with Crippen LogP contribution < -0.4 is 5.32 Å². The summed E-state index contributed by atoms with van der Waals surface area (Å²) in [6.07, 6.45) is 4.21. The second-order valence-corrected chi connectivity index (χ2v) is 5.48. The number of rotatable bonds is 7. The van der Waals surface area contributed by atoms with E-state index in [0.29, 0.717) is 18.0 Å². The summed E-state index contributed by atoms with van der Waals surface area (Å²) in [5.74, 6) is 0.605. The molecule has 0 heterocycles. The number of hydrogen-bond acceptors (Lipinski definition) is 1. The molecule has 0 aliphatic rings. The minimum absolute atomic E-state index is 0.408. The number of benzene rings is 1. The molecule has 1 aromatic rings. The Morgan fingerprint density at radius 2 is 1.61 bits per heavy atom. The van der Waals surface area contributed by atoms with Crippen LogP contribution in [0.5, 0.6) is 0 Å². The SMILES string of the molecule is C=CCCC(C)NC(C)c1ccc(C(C)C)cc1. The fraction of sp³-hybridized carbons (Fsp3) is 0.529. The summed E-state index contributed by atoms with van der Waals surface area (Å²) in [4.78, 5) is 0. The highest BCUT2D eigenvalue weighted by Gasteiger charge is 2.09. The lowest BCUT2D eigenvalue weighted by atomic mass is 9.99. The zero-order chi connectivity index (χ0) is 13.5. The second kappa shape index (κ2) is 7.38. The molecule has 0 amide bonds. The fourth-order valence-electron chi connectivity index (χ4n) is 2.14. The van der Waals surface area contributed by atoms with E-state index in [0.717, 1.165) is 12.8 Å². The van der Waals surface area contributed by atoms with Crippen molar-refractivity contribution in [1.29, 1.82) is 0 Å².